The first-order chi connectivity index (χ1) is 13.1. The maximum Gasteiger partial charge on any atom is 0.195 e. The Morgan fingerprint density at radius 1 is 1.04 bits per heavy atom. The summed E-state index contributed by atoms with van der Waals surface area (Å²) in [6, 6.07) is 15.8. The molecule has 4 N–H and O–H groups in total. The van der Waals surface area contributed by atoms with Crippen LogP contribution >= 0.6 is 11.8 Å². The van der Waals surface area contributed by atoms with Gasteiger partial charge in [-0.15, -0.1) is 0 Å². The summed E-state index contributed by atoms with van der Waals surface area (Å²) in [5.74, 6) is 0.804. The summed E-state index contributed by atoms with van der Waals surface area (Å²) >= 11 is 1.48. The van der Waals surface area contributed by atoms with Gasteiger partial charge in [-0.3, -0.25) is 0 Å². The van der Waals surface area contributed by atoms with E-state index in [-0.39, 0.29) is 0 Å². The molecule has 4 rings (SSSR count). The van der Waals surface area contributed by atoms with Crippen LogP contribution in [0, 0.1) is 0 Å². The second-order valence-corrected chi connectivity index (χ2v) is 7.52. The lowest BCUT2D eigenvalue weighted by atomic mass is 10.1. The minimum atomic E-state index is 0.669. The highest BCUT2D eigenvalue weighted by molar-refractivity contribution is 7.99. The van der Waals surface area contributed by atoms with E-state index < -0.39 is 0 Å². The van der Waals surface area contributed by atoms with Crippen LogP contribution in [0.5, 0.6) is 0 Å². The number of para-hydroxylation sites is 2. The smallest absolute Gasteiger partial charge is 0.195 e. The molecular weight excluding hydrogens is 354 g/mol. The molecule has 2 heterocycles. The van der Waals surface area contributed by atoms with Crippen LogP contribution in [0.4, 0.5) is 11.5 Å². The average molecular weight is 376 g/mol. The molecule has 0 fully saturated rings. The van der Waals surface area contributed by atoms with Crippen molar-refractivity contribution < 1.29 is 0 Å². The highest BCUT2D eigenvalue weighted by atomic mass is 32.2. The first kappa shape index (κ1) is 17.4. The number of fused-ring (bicyclic) bond motifs is 1. The van der Waals surface area contributed by atoms with E-state index in [1.807, 2.05) is 48.5 Å². The van der Waals surface area contributed by atoms with E-state index in [1.54, 1.807) is 0 Å². The van der Waals surface area contributed by atoms with Crippen molar-refractivity contribution in [2.45, 2.75) is 23.9 Å². The van der Waals surface area contributed by atoms with Crippen molar-refractivity contribution in [3.63, 3.8) is 0 Å². The lowest BCUT2D eigenvalue weighted by Crippen LogP contribution is -2.21. The van der Waals surface area contributed by atoms with Gasteiger partial charge in [-0.1, -0.05) is 24.3 Å². The topological polar surface area (TPSA) is 75.9 Å². The van der Waals surface area contributed by atoms with Crippen molar-refractivity contribution in [1.29, 1.82) is 0 Å². The van der Waals surface area contributed by atoms with Crippen LogP contribution in [0.3, 0.4) is 0 Å². The van der Waals surface area contributed by atoms with Gasteiger partial charge in [0.2, 0.25) is 0 Å². The second kappa shape index (κ2) is 7.32. The van der Waals surface area contributed by atoms with Crippen molar-refractivity contribution in [2.75, 3.05) is 17.6 Å². The molecule has 0 saturated heterocycles. The Morgan fingerprint density at radius 2 is 1.81 bits per heavy atom. The lowest BCUT2D eigenvalue weighted by Gasteiger charge is -2.20. The van der Waals surface area contributed by atoms with Gasteiger partial charge in [0.15, 0.2) is 5.16 Å². The predicted octanol–water partition coefficient (Wildman–Crippen LogP) is 4.56. The zero-order valence-electron chi connectivity index (χ0n) is 15.3. The van der Waals surface area contributed by atoms with Crippen LogP contribution in [-0.2, 0) is 0 Å². The maximum absolute atomic E-state index is 6.09. The lowest BCUT2D eigenvalue weighted by molar-refractivity contribution is 0.839. The Hall–Kier alpha value is -2.99. The van der Waals surface area contributed by atoms with Crippen LogP contribution in [0.25, 0.3) is 10.9 Å². The second-order valence-electron chi connectivity index (χ2n) is 6.51. The Kier molecular flexibility index (Phi) is 4.73. The van der Waals surface area contributed by atoms with Crippen LogP contribution in [-0.4, -0.2) is 16.5 Å². The monoisotopic (exact) mass is 375 g/mol. The van der Waals surface area contributed by atoms with Crippen molar-refractivity contribution in [1.82, 2.24) is 15.3 Å². The van der Waals surface area contributed by atoms with Gasteiger partial charge in [0, 0.05) is 33.9 Å². The highest BCUT2D eigenvalue weighted by Crippen LogP contribution is 2.33. The van der Waals surface area contributed by atoms with Crippen LogP contribution in [0.1, 0.15) is 13.8 Å². The third kappa shape index (κ3) is 3.75. The van der Waals surface area contributed by atoms with E-state index in [1.165, 1.54) is 17.3 Å². The van der Waals surface area contributed by atoms with Crippen LogP contribution in [0.15, 0.2) is 81.6 Å². The van der Waals surface area contributed by atoms with E-state index in [9.17, 15) is 0 Å². The summed E-state index contributed by atoms with van der Waals surface area (Å²) in [6.07, 6.45) is 2.11. The van der Waals surface area contributed by atoms with Gasteiger partial charge in [-0.25, -0.2) is 9.97 Å². The molecule has 0 bridgehead atoms. The summed E-state index contributed by atoms with van der Waals surface area (Å²) in [4.78, 5) is 10.5. The van der Waals surface area contributed by atoms with Gasteiger partial charge in [0.25, 0.3) is 0 Å². The minimum Gasteiger partial charge on any atom is -0.398 e. The summed E-state index contributed by atoms with van der Waals surface area (Å²) in [7, 11) is 0. The molecule has 0 atom stereocenters. The minimum absolute atomic E-state index is 0.669. The molecule has 0 saturated carbocycles. The molecule has 5 nitrogen and oxygen atoms in total. The van der Waals surface area contributed by atoms with Gasteiger partial charge in [0.1, 0.15) is 5.82 Å². The Morgan fingerprint density at radius 3 is 2.67 bits per heavy atom. The Labute approximate surface area is 162 Å². The molecule has 0 spiro atoms. The number of aromatic nitrogens is 2. The normalized spacial score (nSPS) is 14.1. The number of nitrogens with one attached hydrogen (secondary N) is 2. The van der Waals surface area contributed by atoms with Gasteiger partial charge < -0.3 is 16.4 Å². The number of anilines is 2. The molecule has 2 aromatic carbocycles. The SMILES string of the molecule is CC1=CC(Nc2nc(Sc3ccccc3N)nc3ccccc23)=C(C)CN1. The number of rotatable bonds is 4. The number of nitrogens with zero attached hydrogens (tertiary/aromatic N) is 2. The first-order valence-electron chi connectivity index (χ1n) is 8.78. The molecule has 1 aliphatic rings. The molecule has 1 aliphatic heterocycles. The fourth-order valence-electron chi connectivity index (χ4n) is 2.90. The fourth-order valence-corrected chi connectivity index (χ4v) is 3.71. The van der Waals surface area contributed by atoms with E-state index in [2.05, 4.69) is 30.6 Å². The number of benzene rings is 2. The molecule has 0 radical (unpaired) electrons. The molecule has 0 unspecified atom stereocenters. The highest BCUT2D eigenvalue weighted by Gasteiger charge is 2.13. The van der Waals surface area contributed by atoms with E-state index in [0.717, 1.165) is 45.2 Å². The van der Waals surface area contributed by atoms with Crippen LogP contribution in [0.2, 0.25) is 0 Å². The number of nitrogens with two attached hydrogens (primary N) is 1. The fraction of sp³-hybridized carbons (Fsp3) is 0.143. The maximum atomic E-state index is 6.09. The van der Waals surface area contributed by atoms with E-state index >= 15 is 0 Å². The summed E-state index contributed by atoms with van der Waals surface area (Å²) < 4.78 is 0. The van der Waals surface area contributed by atoms with Crippen molar-refractivity contribution >= 4 is 34.2 Å². The molecular formula is C21H21N5S. The number of nitrogen functional groups attached to an aromatic ring is 1. The van der Waals surface area contributed by atoms with Crippen LogP contribution < -0.4 is 16.4 Å². The summed E-state index contributed by atoms with van der Waals surface area (Å²) in [5.41, 5.74) is 11.2. The quantitative estimate of drug-likeness (QED) is 0.459. The van der Waals surface area contributed by atoms with E-state index in [0.29, 0.717) is 5.16 Å². The molecule has 6 heteroatoms. The molecule has 1 aromatic heterocycles. The first-order valence-corrected chi connectivity index (χ1v) is 9.60. The van der Waals surface area contributed by atoms with Crippen molar-refractivity contribution in [2.24, 2.45) is 0 Å². The molecule has 0 amide bonds. The van der Waals surface area contributed by atoms with Crippen molar-refractivity contribution in [3.05, 3.63) is 71.6 Å². The Bertz CT molecular complexity index is 1070. The number of hydrogen-bond acceptors (Lipinski definition) is 6. The van der Waals surface area contributed by atoms with Gasteiger partial charge in [0.05, 0.1) is 5.52 Å². The summed E-state index contributed by atoms with van der Waals surface area (Å²) in [6.45, 7) is 5.00. The van der Waals surface area contributed by atoms with Gasteiger partial charge >= 0.3 is 0 Å². The van der Waals surface area contributed by atoms with E-state index in [4.69, 9.17) is 15.7 Å². The number of dihydropyridines is 1. The predicted molar refractivity (Wildman–Crippen MR) is 113 cm³/mol. The largest absolute Gasteiger partial charge is 0.398 e. The number of allylic oxidation sites excluding steroid dienone is 2. The zero-order valence-corrected chi connectivity index (χ0v) is 16.1. The molecule has 0 aliphatic carbocycles. The summed E-state index contributed by atoms with van der Waals surface area (Å²) in [5, 5.41) is 8.52. The third-order valence-electron chi connectivity index (χ3n) is 4.41. The van der Waals surface area contributed by atoms with Gasteiger partial charge in [-0.05, 0) is 61.5 Å². The zero-order chi connectivity index (χ0) is 18.8. The molecule has 27 heavy (non-hydrogen) atoms. The molecule has 3 aromatic rings. The third-order valence-corrected chi connectivity index (χ3v) is 5.37. The average Bonchev–Trinajstić information content (AvgIpc) is 2.66. The number of hydrogen-bond donors (Lipinski definition) is 3. The molecule has 136 valence electrons. The van der Waals surface area contributed by atoms with Crippen molar-refractivity contribution in [3.8, 4) is 0 Å². The Balaban J connectivity index is 1.76. The van der Waals surface area contributed by atoms with Gasteiger partial charge in [-0.2, -0.15) is 0 Å². The standard InChI is InChI=1S/C21H21N5S/c1-13-12-23-14(2)11-18(13)24-20-15-7-3-5-9-17(15)25-21(26-20)27-19-10-6-4-8-16(19)22/h3-11,23H,12,22H2,1-2H3,(H,24,25,26).